The van der Waals surface area contributed by atoms with E-state index in [4.69, 9.17) is 10.2 Å². The maximum atomic E-state index is 5.78. The molecule has 1 fully saturated rings. The summed E-state index contributed by atoms with van der Waals surface area (Å²) in [6.45, 7) is 3.73. The van der Waals surface area contributed by atoms with Gasteiger partial charge < -0.3 is 10.2 Å². The molecule has 1 aromatic heterocycles. The Hall–Kier alpha value is -1.39. The number of fused-ring (bicyclic) bond motifs is 1. The van der Waals surface area contributed by atoms with Crippen molar-refractivity contribution in [2.45, 2.75) is 19.4 Å². The molecule has 2 heterocycles. The molecule has 0 aliphatic carbocycles. The summed E-state index contributed by atoms with van der Waals surface area (Å²) in [5.74, 6) is 1.33. The highest BCUT2D eigenvalue weighted by atomic mass is 16.3. The van der Waals surface area contributed by atoms with Crippen molar-refractivity contribution in [1.29, 1.82) is 0 Å². The van der Waals surface area contributed by atoms with E-state index >= 15 is 0 Å². The zero-order valence-electron chi connectivity index (χ0n) is 10.9. The second-order valence-corrected chi connectivity index (χ2v) is 5.25. The second kappa shape index (κ2) is 4.37. The van der Waals surface area contributed by atoms with E-state index in [0.717, 1.165) is 36.5 Å². The van der Waals surface area contributed by atoms with Crippen LogP contribution in [0.5, 0.6) is 0 Å². The standard InChI is InChI=1S/C14H19N3O/c1-9-16-12-4-3-11(6-14(12)18-9)13-5-10(7-15)8-17(13)2/h3-4,6,10,13H,5,7-8,15H2,1-2H3. The van der Waals surface area contributed by atoms with Gasteiger partial charge in [0.2, 0.25) is 0 Å². The summed E-state index contributed by atoms with van der Waals surface area (Å²) in [6, 6.07) is 6.78. The quantitative estimate of drug-likeness (QED) is 0.880. The third-order valence-electron chi connectivity index (χ3n) is 3.87. The van der Waals surface area contributed by atoms with Crippen LogP contribution in [0.2, 0.25) is 0 Å². The molecule has 4 heteroatoms. The minimum atomic E-state index is 0.452. The average Bonchev–Trinajstić information content (AvgIpc) is 2.89. The Bertz CT molecular complexity index is 563. The predicted molar refractivity (Wildman–Crippen MR) is 71.3 cm³/mol. The van der Waals surface area contributed by atoms with Crippen molar-refractivity contribution in [3.05, 3.63) is 29.7 Å². The van der Waals surface area contributed by atoms with Crippen LogP contribution < -0.4 is 5.73 Å². The predicted octanol–water partition coefficient (Wildman–Crippen LogP) is 2.09. The molecule has 0 radical (unpaired) electrons. The Morgan fingerprint density at radius 3 is 3.06 bits per heavy atom. The van der Waals surface area contributed by atoms with Crippen molar-refractivity contribution in [3.8, 4) is 0 Å². The number of hydrogen-bond acceptors (Lipinski definition) is 4. The molecule has 1 aliphatic rings. The molecule has 18 heavy (non-hydrogen) atoms. The molecule has 4 nitrogen and oxygen atoms in total. The minimum absolute atomic E-state index is 0.452. The van der Waals surface area contributed by atoms with Gasteiger partial charge in [0, 0.05) is 19.5 Å². The lowest BCUT2D eigenvalue weighted by Gasteiger charge is -2.19. The summed E-state index contributed by atoms with van der Waals surface area (Å²) in [4.78, 5) is 6.71. The summed E-state index contributed by atoms with van der Waals surface area (Å²) in [5.41, 5.74) is 8.90. The van der Waals surface area contributed by atoms with Gasteiger partial charge in [-0.3, -0.25) is 4.90 Å². The van der Waals surface area contributed by atoms with Crippen molar-refractivity contribution >= 4 is 11.1 Å². The van der Waals surface area contributed by atoms with Gasteiger partial charge in [0.25, 0.3) is 0 Å². The number of aryl methyl sites for hydroxylation is 1. The molecular weight excluding hydrogens is 226 g/mol. The number of hydrogen-bond donors (Lipinski definition) is 1. The largest absolute Gasteiger partial charge is 0.441 e. The SMILES string of the molecule is Cc1nc2ccc(C3CC(CN)CN3C)cc2o1. The van der Waals surface area contributed by atoms with E-state index in [1.165, 1.54) is 5.56 Å². The number of nitrogens with two attached hydrogens (primary N) is 1. The van der Waals surface area contributed by atoms with Gasteiger partial charge >= 0.3 is 0 Å². The van der Waals surface area contributed by atoms with Crippen LogP contribution in [0.4, 0.5) is 0 Å². The van der Waals surface area contributed by atoms with Crippen LogP contribution in [0.25, 0.3) is 11.1 Å². The Kier molecular flexibility index (Phi) is 2.84. The van der Waals surface area contributed by atoms with Gasteiger partial charge in [0.1, 0.15) is 5.52 Å². The van der Waals surface area contributed by atoms with E-state index in [-0.39, 0.29) is 0 Å². The van der Waals surface area contributed by atoms with Crippen LogP contribution in [0, 0.1) is 12.8 Å². The second-order valence-electron chi connectivity index (χ2n) is 5.25. The summed E-state index contributed by atoms with van der Waals surface area (Å²) >= 11 is 0. The summed E-state index contributed by atoms with van der Waals surface area (Å²) in [7, 11) is 2.16. The molecule has 2 unspecified atom stereocenters. The van der Waals surface area contributed by atoms with Crippen LogP contribution in [-0.4, -0.2) is 30.0 Å². The third kappa shape index (κ3) is 1.91. The summed E-state index contributed by atoms with van der Waals surface area (Å²) in [5, 5.41) is 0. The lowest BCUT2D eigenvalue weighted by atomic mass is 10.00. The number of aromatic nitrogens is 1. The molecule has 1 saturated heterocycles. The molecule has 0 bridgehead atoms. The third-order valence-corrected chi connectivity index (χ3v) is 3.87. The highest BCUT2D eigenvalue weighted by Gasteiger charge is 2.29. The molecule has 0 spiro atoms. The highest BCUT2D eigenvalue weighted by Crippen LogP contribution is 2.34. The minimum Gasteiger partial charge on any atom is -0.441 e. The zero-order valence-corrected chi connectivity index (χ0v) is 10.9. The topological polar surface area (TPSA) is 55.3 Å². The van der Waals surface area contributed by atoms with Crippen LogP contribution in [0.15, 0.2) is 22.6 Å². The van der Waals surface area contributed by atoms with Gasteiger partial charge in [-0.05, 0) is 43.6 Å². The highest BCUT2D eigenvalue weighted by molar-refractivity contribution is 5.73. The lowest BCUT2D eigenvalue weighted by Crippen LogP contribution is -2.20. The number of rotatable bonds is 2. The van der Waals surface area contributed by atoms with E-state index in [0.29, 0.717) is 12.0 Å². The maximum Gasteiger partial charge on any atom is 0.192 e. The van der Waals surface area contributed by atoms with E-state index in [2.05, 4.69) is 29.1 Å². The fourth-order valence-electron chi connectivity index (χ4n) is 2.93. The Morgan fingerprint density at radius 2 is 2.33 bits per heavy atom. The van der Waals surface area contributed by atoms with Crippen molar-refractivity contribution < 1.29 is 4.42 Å². The molecule has 3 rings (SSSR count). The Labute approximate surface area is 107 Å². The normalized spacial score (nSPS) is 25.1. The monoisotopic (exact) mass is 245 g/mol. The molecule has 2 aromatic rings. The first-order valence-corrected chi connectivity index (χ1v) is 6.45. The van der Waals surface area contributed by atoms with Crippen LogP contribution in [-0.2, 0) is 0 Å². The number of likely N-dealkylation sites (tertiary alicyclic amines) is 1. The first-order valence-electron chi connectivity index (χ1n) is 6.45. The Balaban J connectivity index is 1.94. The fraction of sp³-hybridized carbons (Fsp3) is 0.500. The van der Waals surface area contributed by atoms with Gasteiger partial charge in [-0.25, -0.2) is 4.98 Å². The van der Waals surface area contributed by atoms with E-state index in [1.807, 2.05) is 13.0 Å². The maximum absolute atomic E-state index is 5.78. The van der Waals surface area contributed by atoms with E-state index in [9.17, 15) is 0 Å². The fourth-order valence-corrected chi connectivity index (χ4v) is 2.93. The number of oxazole rings is 1. The Morgan fingerprint density at radius 1 is 1.50 bits per heavy atom. The van der Waals surface area contributed by atoms with Gasteiger partial charge in [-0.15, -0.1) is 0 Å². The van der Waals surface area contributed by atoms with Crippen molar-refractivity contribution in [3.63, 3.8) is 0 Å². The zero-order chi connectivity index (χ0) is 12.7. The molecule has 2 atom stereocenters. The van der Waals surface area contributed by atoms with Crippen LogP contribution in [0.3, 0.4) is 0 Å². The van der Waals surface area contributed by atoms with Gasteiger partial charge in [-0.2, -0.15) is 0 Å². The first kappa shape index (κ1) is 11.7. The molecule has 0 amide bonds. The van der Waals surface area contributed by atoms with Gasteiger partial charge in [-0.1, -0.05) is 6.07 Å². The first-order chi connectivity index (χ1) is 8.67. The van der Waals surface area contributed by atoms with E-state index < -0.39 is 0 Å². The lowest BCUT2D eigenvalue weighted by molar-refractivity contribution is 0.313. The molecule has 2 N–H and O–H groups in total. The van der Waals surface area contributed by atoms with Crippen LogP contribution >= 0.6 is 0 Å². The molecular formula is C14H19N3O. The van der Waals surface area contributed by atoms with Crippen molar-refractivity contribution in [2.75, 3.05) is 20.1 Å². The molecule has 0 saturated carbocycles. The molecule has 1 aromatic carbocycles. The smallest absolute Gasteiger partial charge is 0.192 e. The summed E-state index contributed by atoms with van der Waals surface area (Å²) in [6.07, 6.45) is 1.13. The average molecular weight is 245 g/mol. The number of nitrogens with zero attached hydrogens (tertiary/aromatic N) is 2. The van der Waals surface area contributed by atoms with Crippen molar-refractivity contribution in [2.24, 2.45) is 11.7 Å². The van der Waals surface area contributed by atoms with Gasteiger partial charge in [0.05, 0.1) is 0 Å². The van der Waals surface area contributed by atoms with Gasteiger partial charge in [0.15, 0.2) is 11.5 Å². The summed E-state index contributed by atoms with van der Waals surface area (Å²) < 4.78 is 5.60. The van der Waals surface area contributed by atoms with Crippen molar-refractivity contribution in [1.82, 2.24) is 9.88 Å². The number of benzene rings is 1. The van der Waals surface area contributed by atoms with E-state index in [1.54, 1.807) is 0 Å². The molecule has 96 valence electrons. The van der Waals surface area contributed by atoms with Crippen LogP contribution in [0.1, 0.15) is 23.9 Å². The molecule has 1 aliphatic heterocycles.